The maximum Gasteiger partial charge on any atom is 0.335 e. The lowest BCUT2D eigenvalue weighted by Gasteiger charge is -2.22. The SMILES string of the molecule is CCCCN(C(=O)CC(C)=O)c1ccc(C(=O)O)cc1. The van der Waals surface area contributed by atoms with Crippen molar-refractivity contribution in [2.45, 2.75) is 33.1 Å². The Balaban J connectivity index is 2.94. The van der Waals surface area contributed by atoms with E-state index < -0.39 is 5.97 Å². The minimum atomic E-state index is -1.01. The predicted octanol–water partition coefficient (Wildman–Crippen LogP) is 2.50. The fourth-order valence-electron chi connectivity index (χ4n) is 1.81. The zero-order chi connectivity index (χ0) is 15.1. The van der Waals surface area contributed by atoms with Crippen LogP contribution in [0.2, 0.25) is 0 Å². The van der Waals surface area contributed by atoms with E-state index in [-0.39, 0.29) is 23.7 Å². The fraction of sp³-hybridized carbons (Fsp3) is 0.400. The summed E-state index contributed by atoms with van der Waals surface area (Å²) in [7, 11) is 0. The van der Waals surface area contributed by atoms with Crippen LogP contribution < -0.4 is 4.90 Å². The molecule has 0 aromatic heterocycles. The Bertz CT molecular complexity index is 493. The Labute approximate surface area is 118 Å². The van der Waals surface area contributed by atoms with Crippen LogP contribution in [0.25, 0.3) is 0 Å². The van der Waals surface area contributed by atoms with Crippen molar-refractivity contribution in [3.05, 3.63) is 29.8 Å². The van der Waals surface area contributed by atoms with Gasteiger partial charge in [-0.15, -0.1) is 0 Å². The van der Waals surface area contributed by atoms with Crippen molar-refractivity contribution in [1.82, 2.24) is 0 Å². The van der Waals surface area contributed by atoms with E-state index >= 15 is 0 Å². The first-order valence-electron chi connectivity index (χ1n) is 6.59. The standard InChI is InChI=1S/C15H19NO4/c1-3-4-9-16(14(18)10-11(2)17)13-7-5-12(6-8-13)15(19)20/h5-8H,3-4,9-10H2,1-2H3,(H,19,20). The number of rotatable bonds is 7. The largest absolute Gasteiger partial charge is 0.478 e. The van der Waals surface area contributed by atoms with Crippen molar-refractivity contribution in [1.29, 1.82) is 0 Å². The van der Waals surface area contributed by atoms with E-state index in [0.29, 0.717) is 12.2 Å². The molecule has 0 aliphatic carbocycles. The number of aromatic carboxylic acids is 1. The zero-order valence-electron chi connectivity index (χ0n) is 11.8. The third kappa shape index (κ3) is 4.50. The Morgan fingerprint density at radius 2 is 1.75 bits per heavy atom. The van der Waals surface area contributed by atoms with Gasteiger partial charge in [-0.05, 0) is 37.6 Å². The summed E-state index contributed by atoms with van der Waals surface area (Å²) >= 11 is 0. The summed E-state index contributed by atoms with van der Waals surface area (Å²) in [5, 5.41) is 8.86. The van der Waals surface area contributed by atoms with Crippen LogP contribution in [0.5, 0.6) is 0 Å². The molecule has 0 bridgehead atoms. The molecule has 20 heavy (non-hydrogen) atoms. The number of hydrogen-bond donors (Lipinski definition) is 1. The minimum absolute atomic E-state index is 0.135. The molecule has 0 aliphatic rings. The van der Waals surface area contributed by atoms with Gasteiger partial charge in [-0.1, -0.05) is 13.3 Å². The van der Waals surface area contributed by atoms with Crippen molar-refractivity contribution in [2.75, 3.05) is 11.4 Å². The van der Waals surface area contributed by atoms with E-state index in [0.717, 1.165) is 12.8 Å². The molecular weight excluding hydrogens is 258 g/mol. The molecule has 1 aromatic rings. The van der Waals surface area contributed by atoms with Crippen molar-refractivity contribution in [2.24, 2.45) is 0 Å². The lowest BCUT2D eigenvalue weighted by molar-refractivity contribution is -0.125. The first kappa shape index (κ1) is 15.9. The number of nitrogens with zero attached hydrogens (tertiary/aromatic N) is 1. The van der Waals surface area contributed by atoms with E-state index in [4.69, 9.17) is 5.11 Å². The molecule has 1 rings (SSSR count). The van der Waals surface area contributed by atoms with Gasteiger partial charge in [0.2, 0.25) is 5.91 Å². The summed E-state index contributed by atoms with van der Waals surface area (Å²) in [6.45, 7) is 3.92. The van der Waals surface area contributed by atoms with Crippen LogP contribution in [0.1, 0.15) is 43.5 Å². The summed E-state index contributed by atoms with van der Waals surface area (Å²) in [5.74, 6) is -1.44. The molecule has 5 heteroatoms. The smallest absolute Gasteiger partial charge is 0.335 e. The molecule has 108 valence electrons. The van der Waals surface area contributed by atoms with Crippen LogP contribution in [0.4, 0.5) is 5.69 Å². The number of carbonyl (C=O) groups excluding carboxylic acids is 2. The monoisotopic (exact) mass is 277 g/mol. The van der Waals surface area contributed by atoms with Gasteiger partial charge in [-0.25, -0.2) is 4.79 Å². The van der Waals surface area contributed by atoms with Crippen LogP contribution in [-0.2, 0) is 9.59 Å². The second kappa shape index (κ2) is 7.43. The third-order valence-electron chi connectivity index (χ3n) is 2.86. The number of carboxylic acids is 1. The van der Waals surface area contributed by atoms with Gasteiger partial charge in [-0.2, -0.15) is 0 Å². The van der Waals surface area contributed by atoms with Crippen LogP contribution in [-0.4, -0.2) is 29.3 Å². The number of anilines is 1. The highest BCUT2D eigenvalue weighted by Gasteiger charge is 2.17. The average molecular weight is 277 g/mol. The van der Waals surface area contributed by atoms with E-state index in [1.165, 1.54) is 24.0 Å². The number of amides is 1. The maximum atomic E-state index is 12.1. The lowest BCUT2D eigenvalue weighted by atomic mass is 10.1. The average Bonchev–Trinajstić information content (AvgIpc) is 2.39. The van der Waals surface area contributed by atoms with Crippen molar-refractivity contribution >= 4 is 23.3 Å². The number of unbranched alkanes of at least 4 members (excludes halogenated alkanes) is 1. The molecule has 0 unspecified atom stereocenters. The number of carboxylic acid groups (broad SMARTS) is 1. The van der Waals surface area contributed by atoms with Crippen molar-refractivity contribution in [3.8, 4) is 0 Å². The van der Waals surface area contributed by atoms with E-state index in [9.17, 15) is 14.4 Å². The summed E-state index contributed by atoms with van der Waals surface area (Å²) < 4.78 is 0. The molecule has 0 fully saturated rings. The quantitative estimate of drug-likeness (QED) is 0.777. The minimum Gasteiger partial charge on any atom is -0.478 e. The van der Waals surface area contributed by atoms with Gasteiger partial charge in [0, 0.05) is 12.2 Å². The van der Waals surface area contributed by atoms with Gasteiger partial charge in [-0.3, -0.25) is 9.59 Å². The van der Waals surface area contributed by atoms with Crippen LogP contribution >= 0.6 is 0 Å². The van der Waals surface area contributed by atoms with Crippen LogP contribution in [0.3, 0.4) is 0 Å². The van der Waals surface area contributed by atoms with E-state index in [1.807, 2.05) is 6.92 Å². The predicted molar refractivity (Wildman–Crippen MR) is 76.0 cm³/mol. The molecule has 0 spiro atoms. The van der Waals surface area contributed by atoms with Gasteiger partial charge in [0.05, 0.1) is 12.0 Å². The Hall–Kier alpha value is -2.17. The first-order chi connectivity index (χ1) is 9.45. The summed E-state index contributed by atoms with van der Waals surface area (Å²) in [6, 6.07) is 6.10. The molecule has 0 saturated carbocycles. The van der Waals surface area contributed by atoms with Gasteiger partial charge in [0.1, 0.15) is 5.78 Å². The van der Waals surface area contributed by atoms with Crippen LogP contribution in [0.15, 0.2) is 24.3 Å². The second-order valence-electron chi connectivity index (χ2n) is 4.63. The molecule has 1 N–H and O–H groups in total. The number of carbonyl (C=O) groups is 3. The Kier molecular flexibility index (Phi) is 5.90. The van der Waals surface area contributed by atoms with Gasteiger partial charge in [0.25, 0.3) is 0 Å². The normalized spacial score (nSPS) is 10.1. The maximum absolute atomic E-state index is 12.1. The molecule has 0 saturated heterocycles. The molecule has 0 heterocycles. The van der Waals surface area contributed by atoms with Gasteiger partial charge in [0.15, 0.2) is 0 Å². The molecule has 0 aliphatic heterocycles. The number of hydrogen-bond acceptors (Lipinski definition) is 3. The molecule has 0 atom stereocenters. The topological polar surface area (TPSA) is 74.7 Å². The molecular formula is C15H19NO4. The van der Waals surface area contributed by atoms with E-state index in [2.05, 4.69) is 0 Å². The number of benzene rings is 1. The second-order valence-corrected chi connectivity index (χ2v) is 4.63. The van der Waals surface area contributed by atoms with Crippen molar-refractivity contribution in [3.63, 3.8) is 0 Å². The lowest BCUT2D eigenvalue weighted by Crippen LogP contribution is -2.33. The van der Waals surface area contributed by atoms with Crippen LogP contribution in [0, 0.1) is 0 Å². The molecule has 0 radical (unpaired) electrons. The molecule has 1 aromatic carbocycles. The molecule has 5 nitrogen and oxygen atoms in total. The summed E-state index contributed by atoms with van der Waals surface area (Å²) in [6.07, 6.45) is 1.62. The van der Waals surface area contributed by atoms with E-state index in [1.54, 1.807) is 12.1 Å². The summed E-state index contributed by atoms with van der Waals surface area (Å²) in [5.41, 5.74) is 0.790. The highest BCUT2D eigenvalue weighted by molar-refractivity contribution is 6.05. The number of Topliss-reactive ketones (excluding diaryl/α,β-unsaturated/α-hetero) is 1. The molecule has 1 amide bonds. The Morgan fingerprint density at radius 1 is 1.15 bits per heavy atom. The summed E-state index contributed by atoms with van der Waals surface area (Å²) in [4.78, 5) is 35.5. The first-order valence-corrected chi connectivity index (χ1v) is 6.59. The van der Waals surface area contributed by atoms with Crippen molar-refractivity contribution < 1.29 is 19.5 Å². The highest BCUT2D eigenvalue weighted by atomic mass is 16.4. The van der Waals surface area contributed by atoms with Gasteiger partial charge >= 0.3 is 5.97 Å². The van der Waals surface area contributed by atoms with Gasteiger partial charge < -0.3 is 10.0 Å². The number of ketones is 1. The highest BCUT2D eigenvalue weighted by Crippen LogP contribution is 2.17. The zero-order valence-corrected chi connectivity index (χ0v) is 11.8. The Morgan fingerprint density at radius 3 is 2.20 bits per heavy atom. The third-order valence-corrected chi connectivity index (χ3v) is 2.86. The fourth-order valence-corrected chi connectivity index (χ4v) is 1.81.